The molecule has 0 saturated heterocycles. The average Bonchev–Trinajstić information content (AvgIpc) is 2.98. The lowest BCUT2D eigenvalue weighted by Gasteiger charge is -2.16. The Hall–Kier alpha value is -2.68. The lowest BCUT2D eigenvalue weighted by Crippen LogP contribution is -2.27. The first kappa shape index (κ1) is 21.6. The summed E-state index contributed by atoms with van der Waals surface area (Å²) in [7, 11) is -0.352. The number of ketones is 1. The van der Waals surface area contributed by atoms with Crippen LogP contribution < -0.4 is 4.74 Å². The first-order valence-corrected chi connectivity index (χ1v) is 10.6. The van der Waals surface area contributed by atoms with Crippen molar-refractivity contribution in [3.05, 3.63) is 40.1 Å². The molecule has 1 aromatic heterocycles. The quantitative estimate of drug-likeness (QED) is 0.707. The van der Waals surface area contributed by atoms with Gasteiger partial charge in [-0.05, 0) is 50.5 Å². The Labute approximate surface area is 165 Å². The van der Waals surface area contributed by atoms with E-state index in [1.54, 1.807) is 26.8 Å². The molecule has 1 heterocycles. The predicted octanol–water partition coefficient (Wildman–Crippen LogP) is 2.52. The molecule has 2 aromatic rings. The molecule has 28 heavy (non-hydrogen) atoms. The summed E-state index contributed by atoms with van der Waals surface area (Å²) in [5.41, 5.74) is 2.07. The van der Waals surface area contributed by atoms with Crippen molar-refractivity contribution < 1.29 is 22.7 Å². The number of aryl methyl sites for hydroxylation is 2. The smallest absolute Gasteiger partial charge is 0.391 e. The SMILES string of the molecule is CCn1ncc(C(=O)c2cc(C)c(S(C)(=O)=O)c(C)c2C)c1OC(=O)N(C)C. The molecule has 1 aromatic carbocycles. The molecule has 0 aliphatic carbocycles. The Morgan fingerprint density at radius 2 is 1.75 bits per heavy atom. The molecule has 0 aliphatic heterocycles. The van der Waals surface area contributed by atoms with Gasteiger partial charge in [0.05, 0.1) is 11.1 Å². The summed E-state index contributed by atoms with van der Waals surface area (Å²) in [6, 6.07) is 1.56. The van der Waals surface area contributed by atoms with Crippen LogP contribution in [0.15, 0.2) is 17.2 Å². The topological polar surface area (TPSA) is 98.6 Å². The molecule has 2 rings (SSSR count). The van der Waals surface area contributed by atoms with E-state index in [0.717, 1.165) is 6.26 Å². The lowest BCUT2D eigenvalue weighted by atomic mass is 9.95. The first-order chi connectivity index (χ1) is 12.9. The molecule has 0 aliphatic rings. The maximum absolute atomic E-state index is 13.2. The van der Waals surface area contributed by atoms with Crippen LogP contribution in [0.5, 0.6) is 5.88 Å². The van der Waals surface area contributed by atoms with Crippen molar-refractivity contribution in [2.75, 3.05) is 20.4 Å². The van der Waals surface area contributed by atoms with Gasteiger partial charge < -0.3 is 9.64 Å². The molecule has 8 nitrogen and oxygen atoms in total. The highest BCUT2D eigenvalue weighted by molar-refractivity contribution is 7.90. The summed E-state index contributed by atoms with van der Waals surface area (Å²) in [6.45, 7) is 7.26. The number of hydrogen-bond donors (Lipinski definition) is 0. The van der Waals surface area contributed by atoms with E-state index < -0.39 is 15.9 Å². The fourth-order valence-corrected chi connectivity index (χ4v) is 4.40. The number of amides is 1. The lowest BCUT2D eigenvalue weighted by molar-refractivity contribution is 0.103. The third-order valence-electron chi connectivity index (χ3n) is 4.53. The van der Waals surface area contributed by atoms with Crippen LogP contribution in [0.1, 0.15) is 39.5 Å². The van der Waals surface area contributed by atoms with Crippen molar-refractivity contribution in [2.24, 2.45) is 0 Å². The zero-order chi connectivity index (χ0) is 21.4. The number of carbonyl (C=O) groups excluding carboxylic acids is 2. The molecular weight excluding hydrogens is 382 g/mol. The minimum atomic E-state index is -3.43. The summed E-state index contributed by atoms with van der Waals surface area (Å²) in [6.07, 6.45) is 1.88. The van der Waals surface area contributed by atoms with Gasteiger partial charge >= 0.3 is 6.09 Å². The van der Waals surface area contributed by atoms with E-state index in [1.165, 1.54) is 29.9 Å². The summed E-state index contributed by atoms with van der Waals surface area (Å²) in [5.74, 6) is -0.321. The third-order valence-corrected chi connectivity index (χ3v) is 5.90. The van der Waals surface area contributed by atoms with Gasteiger partial charge in [-0.1, -0.05) is 0 Å². The van der Waals surface area contributed by atoms with Crippen LogP contribution in [-0.2, 0) is 16.4 Å². The van der Waals surface area contributed by atoms with Gasteiger partial charge in [-0.25, -0.2) is 17.9 Å². The van der Waals surface area contributed by atoms with Crippen LogP contribution in [0.25, 0.3) is 0 Å². The number of ether oxygens (including phenoxy) is 1. The molecule has 0 unspecified atom stereocenters. The predicted molar refractivity (Wildman–Crippen MR) is 105 cm³/mol. The number of nitrogens with zero attached hydrogens (tertiary/aromatic N) is 3. The molecule has 152 valence electrons. The van der Waals surface area contributed by atoms with Crippen molar-refractivity contribution >= 4 is 21.7 Å². The van der Waals surface area contributed by atoms with Crippen molar-refractivity contribution in [1.29, 1.82) is 0 Å². The minimum absolute atomic E-state index is 0.0631. The van der Waals surface area contributed by atoms with E-state index in [0.29, 0.717) is 28.8 Å². The second kappa shape index (κ2) is 7.75. The number of benzene rings is 1. The fraction of sp³-hybridized carbons (Fsp3) is 0.421. The molecule has 0 fully saturated rings. The molecule has 0 N–H and O–H groups in total. The van der Waals surface area contributed by atoms with Crippen LogP contribution in [0.3, 0.4) is 0 Å². The van der Waals surface area contributed by atoms with E-state index >= 15 is 0 Å². The number of hydrogen-bond acceptors (Lipinski definition) is 6. The minimum Gasteiger partial charge on any atom is -0.391 e. The zero-order valence-electron chi connectivity index (χ0n) is 17.2. The summed E-state index contributed by atoms with van der Waals surface area (Å²) in [4.78, 5) is 26.7. The van der Waals surface area contributed by atoms with Gasteiger partial charge in [-0.2, -0.15) is 5.10 Å². The highest BCUT2D eigenvalue weighted by Gasteiger charge is 2.26. The van der Waals surface area contributed by atoms with E-state index in [-0.39, 0.29) is 22.1 Å². The Morgan fingerprint density at radius 3 is 2.25 bits per heavy atom. The van der Waals surface area contributed by atoms with Gasteiger partial charge in [-0.15, -0.1) is 0 Å². The highest BCUT2D eigenvalue weighted by Crippen LogP contribution is 2.30. The number of aromatic nitrogens is 2. The van der Waals surface area contributed by atoms with E-state index in [1.807, 2.05) is 6.92 Å². The molecule has 0 atom stereocenters. The van der Waals surface area contributed by atoms with Crippen molar-refractivity contribution in [1.82, 2.24) is 14.7 Å². The van der Waals surface area contributed by atoms with Crippen LogP contribution in [0.2, 0.25) is 0 Å². The van der Waals surface area contributed by atoms with Crippen molar-refractivity contribution in [3.63, 3.8) is 0 Å². The van der Waals surface area contributed by atoms with Gasteiger partial charge in [0.1, 0.15) is 5.56 Å². The molecule has 0 spiro atoms. The zero-order valence-corrected chi connectivity index (χ0v) is 18.0. The van der Waals surface area contributed by atoms with Crippen LogP contribution in [-0.4, -0.2) is 55.3 Å². The number of rotatable bonds is 5. The van der Waals surface area contributed by atoms with Crippen LogP contribution >= 0.6 is 0 Å². The third kappa shape index (κ3) is 3.94. The Balaban J connectivity index is 2.62. The van der Waals surface area contributed by atoms with E-state index in [2.05, 4.69) is 5.10 Å². The standard InChI is InChI=1S/C19H25N3O5S/c1-8-22-18(27-19(24)21(5)6)15(10-20-22)16(23)14-9-11(2)17(28(7,25)26)13(4)12(14)3/h9-10H,8H2,1-7H3. The molecule has 0 bridgehead atoms. The fourth-order valence-electron chi connectivity index (χ4n) is 3.05. The molecule has 0 saturated carbocycles. The van der Waals surface area contributed by atoms with Crippen LogP contribution in [0.4, 0.5) is 4.79 Å². The Kier molecular flexibility index (Phi) is 5.98. The average molecular weight is 407 g/mol. The molecule has 1 amide bonds. The monoisotopic (exact) mass is 407 g/mol. The van der Waals surface area contributed by atoms with Gasteiger partial charge in [-0.3, -0.25) is 4.79 Å². The van der Waals surface area contributed by atoms with Crippen LogP contribution in [0, 0.1) is 20.8 Å². The highest BCUT2D eigenvalue weighted by atomic mass is 32.2. The maximum Gasteiger partial charge on any atom is 0.416 e. The van der Waals surface area contributed by atoms with E-state index in [9.17, 15) is 18.0 Å². The summed E-state index contributed by atoms with van der Waals surface area (Å²) in [5, 5.41) is 4.13. The second-order valence-corrected chi connectivity index (χ2v) is 8.82. The number of sulfone groups is 1. The molecule has 9 heteroatoms. The second-order valence-electron chi connectivity index (χ2n) is 6.86. The van der Waals surface area contributed by atoms with Gasteiger partial charge in [0.25, 0.3) is 0 Å². The number of carbonyl (C=O) groups is 2. The normalized spacial score (nSPS) is 11.4. The van der Waals surface area contributed by atoms with Gasteiger partial charge in [0.15, 0.2) is 15.6 Å². The molecular formula is C19H25N3O5S. The summed E-state index contributed by atoms with van der Waals surface area (Å²) >= 11 is 0. The van der Waals surface area contributed by atoms with E-state index in [4.69, 9.17) is 4.74 Å². The Bertz CT molecular complexity index is 1050. The van der Waals surface area contributed by atoms with Gasteiger partial charge in [0.2, 0.25) is 5.88 Å². The van der Waals surface area contributed by atoms with Crippen molar-refractivity contribution in [3.8, 4) is 5.88 Å². The molecule has 0 radical (unpaired) electrons. The first-order valence-electron chi connectivity index (χ1n) is 8.70. The largest absolute Gasteiger partial charge is 0.416 e. The van der Waals surface area contributed by atoms with Crippen molar-refractivity contribution in [2.45, 2.75) is 39.1 Å². The Morgan fingerprint density at radius 1 is 1.14 bits per heavy atom. The summed E-state index contributed by atoms with van der Waals surface area (Å²) < 4.78 is 31.0. The van der Waals surface area contributed by atoms with Gasteiger partial charge in [0, 0.05) is 32.5 Å². The maximum atomic E-state index is 13.2.